The Labute approximate surface area is 101 Å². The number of benzene rings is 1. The summed E-state index contributed by atoms with van der Waals surface area (Å²) in [4.78, 5) is 13.3. The number of aliphatic hydroxyl groups excluding tert-OH is 1. The van der Waals surface area contributed by atoms with Gasteiger partial charge in [0.25, 0.3) is 0 Å². The van der Waals surface area contributed by atoms with Gasteiger partial charge in [-0.25, -0.2) is 0 Å². The molecule has 2 N–H and O–H groups in total. The summed E-state index contributed by atoms with van der Waals surface area (Å²) < 4.78 is 0. The highest BCUT2D eigenvalue weighted by Gasteiger charge is 2.12. The molecule has 0 spiro atoms. The molecule has 4 nitrogen and oxygen atoms in total. The topological polar surface area (TPSA) is 60.8 Å². The molecular weight excluding hydrogens is 218 g/mol. The zero-order chi connectivity index (χ0) is 13.0. The number of aryl methyl sites for hydroxylation is 1. The summed E-state index contributed by atoms with van der Waals surface area (Å²) in [5.74, 6) is 0.127. The van der Waals surface area contributed by atoms with Crippen LogP contribution in [0.25, 0.3) is 0 Å². The zero-order valence-corrected chi connectivity index (χ0v) is 10.5. The van der Waals surface area contributed by atoms with Crippen molar-refractivity contribution in [2.75, 3.05) is 13.6 Å². The Morgan fingerprint density at radius 1 is 1.47 bits per heavy atom. The lowest BCUT2D eigenvalue weighted by Gasteiger charge is -2.18. The van der Waals surface area contributed by atoms with Crippen LogP contribution >= 0.6 is 0 Å². The summed E-state index contributed by atoms with van der Waals surface area (Å²) >= 11 is 0. The van der Waals surface area contributed by atoms with Crippen molar-refractivity contribution in [3.05, 3.63) is 29.3 Å². The van der Waals surface area contributed by atoms with Crippen LogP contribution < -0.4 is 0 Å². The van der Waals surface area contributed by atoms with E-state index in [2.05, 4.69) is 0 Å². The Morgan fingerprint density at radius 3 is 2.65 bits per heavy atom. The van der Waals surface area contributed by atoms with Gasteiger partial charge in [-0.1, -0.05) is 12.1 Å². The number of carbonyl (C=O) groups is 1. The highest BCUT2D eigenvalue weighted by Crippen LogP contribution is 2.18. The smallest absolute Gasteiger partial charge is 0.226 e. The SMILES string of the molecule is Cc1ccc(CC(=O)N(C)C[C@H](C)O)cc1O. The summed E-state index contributed by atoms with van der Waals surface area (Å²) in [5.41, 5.74) is 1.56. The summed E-state index contributed by atoms with van der Waals surface area (Å²) in [6.07, 6.45) is -0.299. The fraction of sp³-hybridized carbons (Fsp3) is 0.462. The van der Waals surface area contributed by atoms with E-state index in [1.807, 2.05) is 6.07 Å². The van der Waals surface area contributed by atoms with Gasteiger partial charge < -0.3 is 15.1 Å². The van der Waals surface area contributed by atoms with Crippen molar-refractivity contribution in [2.45, 2.75) is 26.4 Å². The molecule has 0 unspecified atom stereocenters. The first-order chi connectivity index (χ1) is 7.90. The van der Waals surface area contributed by atoms with Gasteiger partial charge in [-0.2, -0.15) is 0 Å². The maximum absolute atomic E-state index is 11.8. The number of phenols is 1. The van der Waals surface area contributed by atoms with Crippen LogP contribution in [0.4, 0.5) is 0 Å². The maximum Gasteiger partial charge on any atom is 0.226 e. The van der Waals surface area contributed by atoms with Crippen molar-refractivity contribution in [3.63, 3.8) is 0 Å². The van der Waals surface area contributed by atoms with Crippen LogP contribution in [0.3, 0.4) is 0 Å². The van der Waals surface area contributed by atoms with Crippen LogP contribution in [0.5, 0.6) is 5.75 Å². The molecule has 0 saturated heterocycles. The predicted octanol–water partition coefficient (Wildman–Crippen LogP) is 1.08. The lowest BCUT2D eigenvalue weighted by atomic mass is 10.1. The Morgan fingerprint density at radius 2 is 2.12 bits per heavy atom. The van der Waals surface area contributed by atoms with E-state index in [4.69, 9.17) is 0 Å². The van der Waals surface area contributed by atoms with E-state index in [1.54, 1.807) is 33.0 Å². The molecule has 4 heteroatoms. The lowest BCUT2D eigenvalue weighted by Crippen LogP contribution is -2.34. The second-order valence-corrected chi connectivity index (χ2v) is 4.42. The largest absolute Gasteiger partial charge is 0.508 e. The first-order valence-electron chi connectivity index (χ1n) is 5.60. The molecule has 0 saturated carbocycles. The molecule has 1 atom stereocenters. The molecule has 0 aliphatic carbocycles. The fourth-order valence-corrected chi connectivity index (χ4v) is 1.57. The average Bonchev–Trinajstić information content (AvgIpc) is 2.22. The Kier molecular flexibility index (Phi) is 4.52. The molecule has 1 aromatic carbocycles. The molecule has 1 amide bonds. The lowest BCUT2D eigenvalue weighted by molar-refractivity contribution is -0.130. The number of aromatic hydroxyl groups is 1. The summed E-state index contributed by atoms with van der Waals surface area (Å²) in [7, 11) is 1.66. The number of aliphatic hydroxyl groups is 1. The van der Waals surface area contributed by atoms with Crippen LogP contribution in [-0.2, 0) is 11.2 Å². The standard InChI is InChI=1S/C13H19NO3/c1-9-4-5-11(6-12(9)16)7-13(17)14(3)8-10(2)15/h4-6,10,15-16H,7-8H2,1-3H3/t10-/m0/s1. The normalized spacial score (nSPS) is 12.2. The van der Waals surface area contributed by atoms with Gasteiger partial charge in [0.05, 0.1) is 12.5 Å². The van der Waals surface area contributed by atoms with Crippen LogP contribution in [0, 0.1) is 6.92 Å². The van der Waals surface area contributed by atoms with Gasteiger partial charge in [0.1, 0.15) is 5.75 Å². The van der Waals surface area contributed by atoms with Crippen molar-refractivity contribution < 1.29 is 15.0 Å². The van der Waals surface area contributed by atoms with Crippen molar-refractivity contribution >= 4 is 5.91 Å². The highest BCUT2D eigenvalue weighted by atomic mass is 16.3. The molecule has 94 valence electrons. The minimum Gasteiger partial charge on any atom is -0.508 e. The van der Waals surface area contributed by atoms with Crippen molar-refractivity contribution in [1.29, 1.82) is 0 Å². The van der Waals surface area contributed by atoms with Crippen molar-refractivity contribution in [3.8, 4) is 5.75 Å². The molecule has 0 heterocycles. The quantitative estimate of drug-likeness (QED) is 0.824. The van der Waals surface area contributed by atoms with Gasteiger partial charge in [-0.3, -0.25) is 4.79 Å². The van der Waals surface area contributed by atoms with E-state index in [0.29, 0.717) is 6.54 Å². The first kappa shape index (κ1) is 13.5. The molecule has 0 aliphatic rings. The van der Waals surface area contributed by atoms with E-state index in [0.717, 1.165) is 11.1 Å². The van der Waals surface area contributed by atoms with E-state index in [1.165, 1.54) is 4.90 Å². The maximum atomic E-state index is 11.8. The van der Waals surface area contributed by atoms with E-state index in [-0.39, 0.29) is 18.1 Å². The number of nitrogens with zero attached hydrogens (tertiary/aromatic N) is 1. The molecule has 1 aromatic rings. The number of carbonyl (C=O) groups excluding carboxylic acids is 1. The van der Waals surface area contributed by atoms with Crippen LogP contribution in [0.15, 0.2) is 18.2 Å². The number of amides is 1. The molecule has 17 heavy (non-hydrogen) atoms. The molecule has 0 radical (unpaired) electrons. The number of hydrogen-bond acceptors (Lipinski definition) is 3. The van der Waals surface area contributed by atoms with E-state index in [9.17, 15) is 15.0 Å². The monoisotopic (exact) mass is 237 g/mol. The van der Waals surface area contributed by atoms with E-state index >= 15 is 0 Å². The molecule has 0 bridgehead atoms. The number of rotatable bonds is 4. The Hall–Kier alpha value is -1.55. The van der Waals surface area contributed by atoms with Crippen molar-refractivity contribution in [2.24, 2.45) is 0 Å². The van der Waals surface area contributed by atoms with Crippen LogP contribution in [-0.4, -0.2) is 40.7 Å². The van der Waals surface area contributed by atoms with Gasteiger partial charge >= 0.3 is 0 Å². The average molecular weight is 237 g/mol. The first-order valence-corrected chi connectivity index (χ1v) is 5.60. The third-order valence-corrected chi connectivity index (χ3v) is 2.59. The molecular formula is C13H19NO3. The van der Waals surface area contributed by atoms with Gasteiger partial charge in [0.2, 0.25) is 5.91 Å². The summed E-state index contributed by atoms with van der Waals surface area (Å²) in [5, 5.41) is 18.7. The van der Waals surface area contributed by atoms with Gasteiger partial charge in [-0.05, 0) is 31.0 Å². The fourth-order valence-electron chi connectivity index (χ4n) is 1.57. The second-order valence-electron chi connectivity index (χ2n) is 4.42. The number of hydrogen-bond donors (Lipinski definition) is 2. The van der Waals surface area contributed by atoms with Crippen molar-refractivity contribution in [1.82, 2.24) is 4.90 Å². The van der Waals surface area contributed by atoms with Gasteiger partial charge in [0.15, 0.2) is 0 Å². The third kappa shape index (κ3) is 4.07. The third-order valence-electron chi connectivity index (χ3n) is 2.59. The highest BCUT2D eigenvalue weighted by molar-refractivity contribution is 5.78. The van der Waals surface area contributed by atoms with E-state index < -0.39 is 6.10 Å². The second kappa shape index (κ2) is 5.68. The predicted molar refractivity (Wildman–Crippen MR) is 65.9 cm³/mol. The number of likely N-dealkylation sites (N-methyl/N-ethyl adjacent to an activating group) is 1. The molecule has 0 aliphatic heterocycles. The molecule has 0 fully saturated rings. The van der Waals surface area contributed by atoms with Gasteiger partial charge in [0, 0.05) is 13.6 Å². The van der Waals surface area contributed by atoms with Crippen LogP contribution in [0.1, 0.15) is 18.1 Å². The molecule has 0 aromatic heterocycles. The van der Waals surface area contributed by atoms with Crippen LogP contribution in [0.2, 0.25) is 0 Å². The number of phenolic OH excluding ortho intramolecular Hbond substituents is 1. The Bertz CT molecular complexity index is 402. The summed E-state index contributed by atoms with van der Waals surface area (Å²) in [6.45, 7) is 3.76. The Balaban J connectivity index is 2.64. The zero-order valence-electron chi connectivity index (χ0n) is 10.5. The summed E-state index contributed by atoms with van der Waals surface area (Å²) in [6, 6.07) is 5.21. The minimum absolute atomic E-state index is 0.0749. The molecule has 1 rings (SSSR count). The van der Waals surface area contributed by atoms with Gasteiger partial charge in [-0.15, -0.1) is 0 Å². The minimum atomic E-state index is -0.532.